The smallest absolute Gasteiger partial charge is 0.408 e. The number of amides is 2. The molecule has 2 atom stereocenters. The van der Waals surface area contributed by atoms with Gasteiger partial charge < -0.3 is 25.3 Å². The van der Waals surface area contributed by atoms with Crippen LogP contribution in [0.4, 0.5) is 4.79 Å². The molecule has 4 aliphatic rings. The first-order chi connectivity index (χ1) is 23.5. The number of H-pyrrole nitrogens is 1. The highest BCUT2D eigenvalue weighted by Crippen LogP contribution is 2.55. The second-order valence-electron chi connectivity index (χ2n) is 16.4. The second-order valence-corrected chi connectivity index (χ2v) is 16.4. The summed E-state index contributed by atoms with van der Waals surface area (Å²) in [4.78, 5) is 40.4. The third-order valence-electron chi connectivity index (χ3n) is 11.7. The highest BCUT2D eigenvalue weighted by atomic mass is 16.6. The van der Waals surface area contributed by atoms with Crippen LogP contribution in [0.15, 0.2) is 35.8 Å². The van der Waals surface area contributed by atoms with Gasteiger partial charge in [0, 0.05) is 48.7 Å². The number of hydrogen-bond acceptors (Lipinski definition) is 6. The number of carbonyl (C=O) groups is 2. The number of nitrogens with one attached hydrogen (secondary N) is 3. The van der Waals surface area contributed by atoms with E-state index in [0.29, 0.717) is 30.3 Å². The van der Waals surface area contributed by atoms with E-state index in [1.165, 1.54) is 74.6 Å². The van der Waals surface area contributed by atoms with Crippen molar-refractivity contribution in [1.29, 1.82) is 0 Å². The van der Waals surface area contributed by atoms with E-state index in [2.05, 4.69) is 44.4 Å². The van der Waals surface area contributed by atoms with Crippen LogP contribution >= 0.6 is 0 Å². The maximum Gasteiger partial charge on any atom is 0.408 e. The van der Waals surface area contributed by atoms with Crippen LogP contribution in [0.3, 0.4) is 0 Å². The molecule has 2 amide bonds. The van der Waals surface area contributed by atoms with Crippen molar-refractivity contribution in [3.05, 3.63) is 58.8 Å². The number of likely N-dealkylation sites (tertiary alicyclic amines) is 1. The lowest BCUT2D eigenvalue weighted by Crippen LogP contribution is -2.54. The molecule has 2 saturated carbocycles. The SMILES string of the molecule is C=N/C=C(\NCC1CCCN1C(=O)C(NC(=O)OC(C)(C)C)C(C)C)c1ccc(C2CCC(c3cnc[nH]3)CC2)c2c1CCC21CCCC1. The van der Waals surface area contributed by atoms with Gasteiger partial charge in [-0.1, -0.05) is 38.8 Å². The molecule has 2 aromatic rings. The summed E-state index contributed by atoms with van der Waals surface area (Å²) in [6.45, 7) is 14.5. The van der Waals surface area contributed by atoms with Gasteiger partial charge in [0.15, 0.2) is 0 Å². The van der Waals surface area contributed by atoms with E-state index in [9.17, 15) is 9.59 Å². The minimum absolute atomic E-state index is 0.0148. The Labute approximate surface area is 293 Å². The van der Waals surface area contributed by atoms with Gasteiger partial charge in [0.2, 0.25) is 5.91 Å². The second kappa shape index (κ2) is 14.7. The summed E-state index contributed by atoms with van der Waals surface area (Å²) in [6, 6.07) is 4.15. The fourth-order valence-electron chi connectivity index (χ4n) is 9.39. The summed E-state index contributed by atoms with van der Waals surface area (Å²) in [6.07, 6.45) is 19.3. The molecule has 0 bridgehead atoms. The zero-order valence-electron chi connectivity index (χ0n) is 30.4. The number of imidazole rings is 1. The molecule has 3 fully saturated rings. The van der Waals surface area contributed by atoms with Gasteiger partial charge in [-0.25, -0.2) is 9.78 Å². The average molecular weight is 671 g/mol. The highest BCUT2D eigenvalue weighted by Gasteiger charge is 2.45. The third kappa shape index (κ3) is 7.60. The Morgan fingerprint density at radius 1 is 1.10 bits per heavy atom. The zero-order chi connectivity index (χ0) is 34.8. The Balaban J connectivity index is 1.20. The Bertz CT molecular complexity index is 1510. The summed E-state index contributed by atoms with van der Waals surface area (Å²) >= 11 is 0. The molecule has 1 aliphatic heterocycles. The van der Waals surface area contributed by atoms with Crippen LogP contribution in [0.5, 0.6) is 0 Å². The van der Waals surface area contributed by atoms with Crippen molar-refractivity contribution in [2.45, 2.75) is 147 Å². The van der Waals surface area contributed by atoms with E-state index in [-0.39, 0.29) is 17.9 Å². The van der Waals surface area contributed by atoms with Crippen LogP contribution in [0.25, 0.3) is 5.70 Å². The van der Waals surface area contributed by atoms with Crippen molar-refractivity contribution in [2.24, 2.45) is 10.9 Å². The number of fused-ring (bicyclic) bond motifs is 2. The molecule has 0 radical (unpaired) electrons. The first-order valence-corrected chi connectivity index (χ1v) is 18.8. The van der Waals surface area contributed by atoms with Gasteiger partial charge in [0.1, 0.15) is 11.6 Å². The van der Waals surface area contributed by atoms with Crippen LogP contribution in [0.2, 0.25) is 0 Å². The molecule has 2 unspecified atom stereocenters. The molecule has 1 aromatic carbocycles. The number of aromatic nitrogens is 2. The molecule has 3 N–H and O–H groups in total. The molecule has 1 aromatic heterocycles. The molecule has 49 heavy (non-hydrogen) atoms. The predicted octanol–water partition coefficient (Wildman–Crippen LogP) is 7.74. The number of aliphatic imine (C=N–C) groups is 1. The number of rotatable bonds is 10. The Kier molecular flexibility index (Phi) is 10.6. The molecule has 3 aliphatic carbocycles. The Morgan fingerprint density at radius 3 is 2.49 bits per heavy atom. The zero-order valence-corrected chi connectivity index (χ0v) is 30.4. The minimum atomic E-state index is -0.645. The van der Waals surface area contributed by atoms with E-state index in [1.54, 1.807) is 11.1 Å². The largest absolute Gasteiger partial charge is 0.444 e. The summed E-state index contributed by atoms with van der Waals surface area (Å²) in [5, 5.41) is 6.61. The summed E-state index contributed by atoms with van der Waals surface area (Å²) in [7, 11) is 0. The van der Waals surface area contributed by atoms with E-state index in [0.717, 1.165) is 25.0 Å². The molecule has 6 rings (SSSR count). The molecule has 266 valence electrons. The van der Waals surface area contributed by atoms with Gasteiger partial charge in [-0.15, -0.1) is 0 Å². The monoisotopic (exact) mass is 670 g/mol. The summed E-state index contributed by atoms with van der Waals surface area (Å²) < 4.78 is 5.49. The lowest BCUT2D eigenvalue weighted by atomic mass is 9.71. The fraction of sp³-hybridized carbons (Fsp3) is 0.650. The van der Waals surface area contributed by atoms with E-state index < -0.39 is 17.7 Å². The first kappa shape index (κ1) is 35.2. The number of aromatic amines is 1. The number of alkyl carbamates (subject to hydrolysis) is 1. The molecule has 9 nitrogen and oxygen atoms in total. The number of ether oxygens (including phenoxy) is 1. The third-order valence-corrected chi connectivity index (χ3v) is 11.7. The molecule has 2 heterocycles. The van der Waals surface area contributed by atoms with E-state index in [4.69, 9.17) is 4.74 Å². The quantitative estimate of drug-likeness (QED) is 0.224. The summed E-state index contributed by atoms with van der Waals surface area (Å²) in [5.74, 6) is 1.05. The van der Waals surface area contributed by atoms with Crippen LogP contribution in [0.1, 0.15) is 145 Å². The Hall–Kier alpha value is -3.62. The van der Waals surface area contributed by atoms with Crippen molar-refractivity contribution < 1.29 is 14.3 Å². The number of carbonyl (C=O) groups excluding carboxylic acids is 2. The van der Waals surface area contributed by atoms with Crippen LogP contribution < -0.4 is 10.6 Å². The molecule has 1 spiro atoms. The van der Waals surface area contributed by atoms with Gasteiger partial charge in [0.25, 0.3) is 0 Å². The van der Waals surface area contributed by atoms with Gasteiger partial charge in [-0.05, 0) is 126 Å². The molecular weight excluding hydrogens is 612 g/mol. The lowest BCUT2D eigenvalue weighted by Gasteiger charge is -2.34. The van der Waals surface area contributed by atoms with Crippen molar-refractivity contribution in [3.63, 3.8) is 0 Å². The van der Waals surface area contributed by atoms with Crippen molar-refractivity contribution in [1.82, 2.24) is 25.5 Å². The van der Waals surface area contributed by atoms with Gasteiger partial charge in [-0.2, -0.15) is 0 Å². The average Bonchev–Trinajstić information content (AvgIpc) is 3.90. The maximum atomic E-state index is 13.9. The van der Waals surface area contributed by atoms with Crippen LogP contribution in [-0.2, 0) is 21.4 Å². The van der Waals surface area contributed by atoms with Gasteiger partial charge in [0.05, 0.1) is 12.0 Å². The van der Waals surface area contributed by atoms with Crippen LogP contribution in [-0.4, -0.2) is 64.4 Å². The molecular formula is C40H58N6O3. The van der Waals surface area contributed by atoms with Crippen LogP contribution in [0, 0.1) is 5.92 Å². The standard InChI is InChI=1S/C40H58N6O3/c1-26(2)36(45-38(48)49-39(3,4)5)37(47)46-21-9-10-29(46)22-43-34(23-41-6)31-16-15-30(35-32(31)17-20-40(35)18-7-8-19-40)27-11-13-28(14-12-27)33-24-42-25-44-33/h15-16,23-29,36,43H,6-14,17-22H2,1-5H3,(H,42,44)(H,45,48)/b34-23-. The maximum absolute atomic E-state index is 13.9. The number of hydrogen-bond donors (Lipinski definition) is 3. The van der Waals surface area contributed by atoms with E-state index >= 15 is 0 Å². The number of benzene rings is 1. The molecule has 9 heteroatoms. The first-order valence-electron chi connectivity index (χ1n) is 18.8. The topological polar surface area (TPSA) is 112 Å². The minimum Gasteiger partial charge on any atom is -0.444 e. The predicted molar refractivity (Wildman–Crippen MR) is 196 cm³/mol. The number of nitrogens with zero attached hydrogens (tertiary/aromatic N) is 3. The van der Waals surface area contributed by atoms with Gasteiger partial charge >= 0.3 is 6.09 Å². The summed E-state index contributed by atoms with van der Waals surface area (Å²) in [5.41, 5.74) is 7.92. The Morgan fingerprint density at radius 2 is 1.84 bits per heavy atom. The fourth-order valence-corrected chi connectivity index (χ4v) is 9.39. The van der Waals surface area contributed by atoms with Gasteiger partial charge in [-0.3, -0.25) is 9.79 Å². The normalized spacial score (nSPS) is 24.2. The van der Waals surface area contributed by atoms with Crippen molar-refractivity contribution in [2.75, 3.05) is 13.1 Å². The molecule has 1 saturated heterocycles. The lowest BCUT2D eigenvalue weighted by molar-refractivity contribution is -0.135. The van der Waals surface area contributed by atoms with Crippen molar-refractivity contribution >= 4 is 24.4 Å². The van der Waals surface area contributed by atoms with Crippen molar-refractivity contribution in [3.8, 4) is 0 Å². The highest BCUT2D eigenvalue weighted by molar-refractivity contribution is 5.86. The van der Waals surface area contributed by atoms with E-state index in [1.807, 2.05) is 58.2 Å².